The first-order valence-corrected chi connectivity index (χ1v) is 4.14. The quantitative estimate of drug-likeness (QED) is 0.575. The van der Waals surface area contributed by atoms with Gasteiger partial charge in [-0.25, -0.2) is 4.79 Å². The number of benzene rings is 1. The molecule has 0 unspecified atom stereocenters. The van der Waals surface area contributed by atoms with Gasteiger partial charge in [-0.1, -0.05) is 18.7 Å². The normalized spacial score (nSPS) is 9.57. The van der Waals surface area contributed by atoms with Crippen molar-refractivity contribution < 1.29 is 14.6 Å². The van der Waals surface area contributed by atoms with Crippen molar-refractivity contribution in [2.75, 3.05) is 7.11 Å². The van der Waals surface area contributed by atoms with Crippen LogP contribution >= 0.6 is 0 Å². The summed E-state index contributed by atoms with van der Waals surface area (Å²) in [5, 5.41) is 9.41. The lowest BCUT2D eigenvalue weighted by molar-refractivity contribution is -0.133. The molecule has 0 bridgehead atoms. The first-order valence-electron chi connectivity index (χ1n) is 4.14. The molecule has 1 rings (SSSR count). The van der Waals surface area contributed by atoms with Gasteiger partial charge in [0.25, 0.3) is 0 Å². The van der Waals surface area contributed by atoms with Gasteiger partial charge in [-0.05, 0) is 24.1 Å². The summed E-state index contributed by atoms with van der Waals surface area (Å²) in [5.41, 5.74) is 1.49. The van der Waals surface area contributed by atoms with Gasteiger partial charge in [0, 0.05) is 0 Å². The molecule has 0 spiro atoms. The molecule has 0 heterocycles. The van der Waals surface area contributed by atoms with Gasteiger partial charge in [-0.3, -0.25) is 0 Å². The van der Waals surface area contributed by atoms with Crippen LogP contribution < -0.4 is 0 Å². The number of hydrogen-bond donors (Lipinski definition) is 1. The molecule has 1 N–H and O–H groups in total. The van der Waals surface area contributed by atoms with Gasteiger partial charge < -0.3 is 9.84 Å². The monoisotopic (exact) mass is 192 g/mol. The SMILES string of the molecule is C=C(C(=O)OC)c1cccc(O)c1C. The summed E-state index contributed by atoms with van der Waals surface area (Å²) in [6, 6.07) is 4.93. The molecule has 0 aliphatic heterocycles. The Morgan fingerprint density at radius 3 is 2.71 bits per heavy atom. The Kier molecular flexibility index (Phi) is 2.92. The minimum absolute atomic E-state index is 0.146. The van der Waals surface area contributed by atoms with Crippen LogP contribution in [0.2, 0.25) is 0 Å². The standard InChI is InChI=1S/C11H12O3/c1-7-9(5-4-6-10(7)12)8(2)11(13)14-3/h4-6,12H,2H2,1,3H3. The number of ether oxygens (including phenoxy) is 1. The van der Waals surface area contributed by atoms with Crippen molar-refractivity contribution in [1.82, 2.24) is 0 Å². The number of phenolic OH excluding ortho intramolecular Hbond substituents is 1. The van der Waals surface area contributed by atoms with E-state index in [1.54, 1.807) is 25.1 Å². The van der Waals surface area contributed by atoms with Gasteiger partial charge in [0.15, 0.2) is 0 Å². The van der Waals surface area contributed by atoms with E-state index in [9.17, 15) is 9.90 Å². The van der Waals surface area contributed by atoms with E-state index in [1.165, 1.54) is 7.11 Å². The summed E-state index contributed by atoms with van der Waals surface area (Å²) in [4.78, 5) is 11.2. The van der Waals surface area contributed by atoms with E-state index in [2.05, 4.69) is 11.3 Å². The molecule has 0 saturated carbocycles. The van der Waals surface area contributed by atoms with E-state index in [0.29, 0.717) is 11.1 Å². The zero-order chi connectivity index (χ0) is 10.7. The predicted octanol–water partition coefficient (Wildman–Crippen LogP) is 1.89. The van der Waals surface area contributed by atoms with Gasteiger partial charge in [-0.2, -0.15) is 0 Å². The van der Waals surface area contributed by atoms with Crippen LogP contribution in [0.15, 0.2) is 24.8 Å². The van der Waals surface area contributed by atoms with Gasteiger partial charge in [0.2, 0.25) is 0 Å². The van der Waals surface area contributed by atoms with Crippen molar-refractivity contribution in [1.29, 1.82) is 0 Å². The van der Waals surface area contributed by atoms with E-state index in [4.69, 9.17) is 0 Å². The van der Waals surface area contributed by atoms with Gasteiger partial charge in [-0.15, -0.1) is 0 Å². The molecule has 74 valence electrons. The first-order chi connectivity index (χ1) is 6.57. The topological polar surface area (TPSA) is 46.5 Å². The number of hydrogen-bond acceptors (Lipinski definition) is 3. The summed E-state index contributed by atoms with van der Waals surface area (Å²) in [6.07, 6.45) is 0. The summed E-state index contributed by atoms with van der Waals surface area (Å²) < 4.78 is 4.54. The molecule has 0 aromatic heterocycles. The molecule has 0 aliphatic rings. The third kappa shape index (κ3) is 1.76. The highest BCUT2D eigenvalue weighted by Crippen LogP contribution is 2.25. The Balaban J connectivity index is 3.14. The third-order valence-electron chi connectivity index (χ3n) is 2.06. The highest BCUT2D eigenvalue weighted by molar-refractivity contribution is 6.16. The molecule has 14 heavy (non-hydrogen) atoms. The minimum atomic E-state index is -0.487. The maximum atomic E-state index is 11.2. The molecule has 3 nitrogen and oxygen atoms in total. The molecular weight excluding hydrogens is 180 g/mol. The molecule has 0 saturated heterocycles. The van der Waals surface area contributed by atoms with E-state index in [0.717, 1.165) is 0 Å². The van der Waals surface area contributed by atoms with Crippen LogP contribution in [0.5, 0.6) is 5.75 Å². The molecule has 0 radical (unpaired) electrons. The second-order valence-electron chi connectivity index (χ2n) is 2.92. The highest BCUT2D eigenvalue weighted by Gasteiger charge is 2.12. The molecule has 0 atom stereocenters. The van der Waals surface area contributed by atoms with Gasteiger partial charge in [0.1, 0.15) is 5.75 Å². The number of carbonyl (C=O) groups is 1. The van der Waals surface area contributed by atoms with Crippen LogP contribution in [0.4, 0.5) is 0 Å². The van der Waals surface area contributed by atoms with Crippen LogP contribution in [-0.4, -0.2) is 18.2 Å². The van der Waals surface area contributed by atoms with E-state index < -0.39 is 5.97 Å². The average Bonchev–Trinajstić information content (AvgIpc) is 2.20. The Morgan fingerprint density at radius 1 is 1.50 bits per heavy atom. The zero-order valence-corrected chi connectivity index (χ0v) is 8.20. The van der Waals surface area contributed by atoms with Crippen molar-refractivity contribution in [3.05, 3.63) is 35.9 Å². The second kappa shape index (κ2) is 3.96. The number of phenols is 1. The molecular formula is C11H12O3. The Bertz CT molecular complexity index is 380. The molecule has 0 aliphatic carbocycles. The fourth-order valence-electron chi connectivity index (χ4n) is 1.18. The van der Waals surface area contributed by atoms with Crippen molar-refractivity contribution in [2.24, 2.45) is 0 Å². The molecule has 0 fully saturated rings. The van der Waals surface area contributed by atoms with Crippen LogP contribution in [0.25, 0.3) is 5.57 Å². The van der Waals surface area contributed by atoms with Crippen molar-refractivity contribution in [3.63, 3.8) is 0 Å². The third-order valence-corrected chi connectivity index (χ3v) is 2.06. The Labute approximate surface area is 82.6 Å². The van der Waals surface area contributed by atoms with Crippen LogP contribution in [-0.2, 0) is 9.53 Å². The van der Waals surface area contributed by atoms with Crippen molar-refractivity contribution in [3.8, 4) is 5.75 Å². The van der Waals surface area contributed by atoms with Crippen LogP contribution in [0.1, 0.15) is 11.1 Å². The number of aromatic hydroxyl groups is 1. The van der Waals surface area contributed by atoms with Crippen molar-refractivity contribution in [2.45, 2.75) is 6.92 Å². The largest absolute Gasteiger partial charge is 0.508 e. The maximum absolute atomic E-state index is 11.2. The van der Waals surface area contributed by atoms with Crippen LogP contribution in [0.3, 0.4) is 0 Å². The summed E-state index contributed by atoms with van der Waals surface area (Å²) in [6.45, 7) is 5.33. The Hall–Kier alpha value is -1.77. The number of methoxy groups -OCH3 is 1. The lowest BCUT2D eigenvalue weighted by Crippen LogP contribution is -2.03. The lowest BCUT2D eigenvalue weighted by atomic mass is 10.0. The second-order valence-corrected chi connectivity index (χ2v) is 2.92. The Morgan fingerprint density at radius 2 is 2.14 bits per heavy atom. The smallest absolute Gasteiger partial charge is 0.337 e. The van der Waals surface area contributed by atoms with Crippen molar-refractivity contribution >= 4 is 11.5 Å². The lowest BCUT2D eigenvalue weighted by Gasteiger charge is -2.08. The molecule has 1 aromatic rings. The molecule has 0 amide bonds. The average molecular weight is 192 g/mol. The molecule has 3 heteroatoms. The van der Waals surface area contributed by atoms with Gasteiger partial charge in [0.05, 0.1) is 12.7 Å². The summed E-state index contributed by atoms with van der Waals surface area (Å²) >= 11 is 0. The number of rotatable bonds is 2. The van der Waals surface area contributed by atoms with Gasteiger partial charge >= 0.3 is 5.97 Å². The molecule has 1 aromatic carbocycles. The first kappa shape index (κ1) is 10.3. The van der Waals surface area contributed by atoms with E-state index in [-0.39, 0.29) is 11.3 Å². The summed E-state index contributed by atoms with van der Waals surface area (Å²) in [5.74, 6) is -0.341. The highest BCUT2D eigenvalue weighted by atomic mass is 16.5. The number of carbonyl (C=O) groups excluding carboxylic acids is 1. The fraction of sp³-hybridized carbons (Fsp3) is 0.182. The fourth-order valence-corrected chi connectivity index (χ4v) is 1.18. The maximum Gasteiger partial charge on any atom is 0.337 e. The van der Waals surface area contributed by atoms with E-state index >= 15 is 0 Å². The minimum Gasteiger partial charge on any atom is -0.508 e. The summed E-state index contributed by atoms with van der Waals surface area (Å²) in [7, 11) is 1.30. The number of esters is 1. The zero-order valence-electron chi connectivity index (χ0n) is 8.20. The van der Waals surface area contributed by atoms with Crippen LogP contribution in [0, 0.1) is 6.92 Å². The predicted molar refractivity (Wildman–Crippen MR) is 53.9 cm³/mol. The van der Waals surface area contributed by atoms with E-state index in [1.807, 2.05) is 0 Å².